The maximum atomic E-state index is 11.2. The van der Waals surface area contributed by atoms with Crippen molar-refractivity contribution < 1.29 is 9.53 Å². The Hall–Kier alpha value is -1.31. The molecule has 0 radical (unpaired) electrons. The van der Waals surface area contributed by atoms with Crippen LogP contribution in [0.3, 0.4) is 0 Å². The Morgan fingerprint density at radius 2 is 1.80 bits per heavy atom. The number of hydrogen-bond acceptors (Lipinski definition) is 2. The first-order valence-corrected chi connectivity index (χ1v) is 5.34. The number of hydrogen-bond donors (Lipinski definition) is 0. The van der Waals surface area contributed by atoms with Crippen molar-refractivity contribution in [3.8, 4) is 0 Å². The van der Waals surface area contributed by atoms with E-state index in [1.807, 2.05) is 0 Å². The Bertz CT molecular complexity index is 375. The minimum absolute atomic E-state index is 0.0453. The molecule has 80 valence electrons. The van der Waals surface area contributed by atoms with Gasteiger partial charge in [-0.1, -0.05) is 36.2 Å². The molecule has 1 fully saturated rings. The van der Waals surface area contributed by atoms with Gasteiger partial charge < -0.3 is 4.74 Å². The minimum Gasteiger partial charge on any atom is -0.457 e. The average Bonchev–Trinajstić information content (AvgIpc) is 2.43. The quantitative estimate of drug-likeness (QED) is 0.657. The lowest BCUT2D eigenvalue weighted by Gasteiger charge is -2.15. The molecule has 2 rings (SSSR count). The molecule has 1 saturated heterocycles. The Morgan fingerprint density at radius 3 is 2.27 bits per heavy atom. The van der Waals surface area contributed by atoms with Crippen LogP contribution in [-0.4, -0.2) is 5.97 Å². The Morgan fingerprint density at radius 1 is 1.20 bits per heavy atom. The first-order chi connectivity index (χ1) is 7.06. The molecule has 2 nitrogen and oxygen atoms in total. The van der Waals surface area contributed by atoms with E-state index >= 15 is 0 Å². The first-order valence-electron chi connectivity index (χ1n) is 5.34. The van der Waals surface area contributed by atoms with Crippen molar-refractivity contribution >= 4 is 5.97 Å². The van der Waals surface area contributed by atoms with E-state index in [4.69, 9.17) is 4.74 Å². The molecule has 0 amide bonds. The first kappa shape index (κ1) is 10.2. The lowest BCUT2D eigenvalue weighted by Crippen LogP contribution is -2.04. The SMILES string of the molecule is Cc1cc(C)cc([C@H]2OC(=O)C[C@H]2C)c1. The van der Waals surface area contributed by atoms with Gasteiger partial charge in [-0.05, 0) is 19.4 Å². The smallest absolute Gasteiger partial charge is 0.306 e. The number of rotatable bonds is 1. The Balaban J connectivity index is 2.33. The van der Waals surface area contributed by atoms with Crippen LogP contribution in [0, 0.1) is 19.8 Å². The summed E-state index contributed by atoms with van der Waals surface area (Å²) in [6, 6.07) is 6.34. The van der Waals surface area contributed by atoms with E-state index < -0.39 is 0 Å². The molecule has 0 aromatic heterocycles. The lowest BCUT2D eigenvalue weighted by molar-refractivity contribution is -0.141. The van der Waals surface area contributed by atoms with Crippen molar-refractivity contribution in [3.63, 3.8) is 0 Å². The minimum atomic E-state index is -0.0772. The topological polar surface area (TPSA) is 26.3 Å². The number of cyclic esters (lactones) is 1. The van der Waals surface area contributed by atoms with Crippen LogP contribution in [0.2, 0.25) is 0 Å². The highest BCUT2D eigenvalue weighted by Gasteiger charge is 2.32. The van der Waals surface area contributed by atoms with Gasteiger partial charge in [-0.15, -0.1) is 0 Å². The van der Waals surface area contributed by atoms with Crippen molar-refractivity contribution in [2.75, 3.05) is 0 Å². The fourth-order valence-electron chi connectivity index (χ4n) is 2.25. The van der Waals surface area contributed by atoms with Gasteiger partial charge in [-0.25, -0.2) is 0 Å². The summed E-state index contributed by atoms with van der Waals surface area (Å²) < 4.78 is 5.33. The van der Waals surface area contributed by atoms with Crippen molar-refractivity contribution in [3.05, 3.63) is 34.9 Å². The second-order valence-electron chi connectivity index (χ2n) is 4.51. The molecule has 1 aromatic carbocycles. The van der Waals surface area contributed by atoms with Gasteiger partial charge in [0.05, 0.1) is 6.42 Å². The summed E-state index contributed by atoms with van der Waals surface area (Å²) in [4.78, 5) is 11.2. The average molecular weight is 204 g/mol. The third-order valence-electron chi connectivity index (χ3n) is 2.84. The van der Waals surface area contributed by atoms with Gasteiger partial charge in [0.15, 0.2) is 0 Å². The number of benzene rings is 1. The molecule has 1 aliphatic heterocycles. The third kappa shape index (κ3) is 2.04. The molecule has 2 heteroatoms. The number of aryl methyl sites for hydroxylation is 2. The number of carbonyl (C=O) groups is 1. The van der Waals surface area contributed by atoms with Crippen LogP contribution >= 0.6 is 0 Å². The van der Waals surface area contributed by atoms with Crippen LogP contribution in [0.5, 0.6) is 0 Å². The van der Waals surface area contributed by atoms with E-state index in [-0.39, 0.29) is 12.1 Å². The van der Waals surface area contributed by atoms with E-state index in [1.165, 1.54) is 11.1 Å². The second kappa shape index (κ2) is 3.69. The van der Waals surface area contributed by atoms with E-state index in [0.29, 0.717) is 12.3 Å². The van der Waals surface area contributed by atoms with Crippen LogP contribution in [0.4, 0.5) is 0 Å². The predicted molar refractivity (Wildman–Crippen MR) is 58.5 cm³/mol. The third-order valence-corrected chi connectivity index (χ3v) is 2.84. The molecular formula is C13H16O2. The van der Waals surface area contributed by atoms with E-state index in [9.17, 15) is 4.79 Å². The van der Waals surface area contributed by atoms with Gasteiger partial charge >= 0.3 is 5.97 Å². The monoisotopic (exact) mass is 204 g/mol. The van der Waals surface area contributed by atoms with Gasteiger partial charge in [0.25, 0.3) is 0 Å². The zero-order chi connectivity index (χ0) is 11.0. The second-order valence-corrected chi connectivity index (χ2v) is 4.51. The van der Waals surface area contributed by atoms with Crippen LogP contribution < -0.4 is 0 Å². The molecule has 0 spiro atoms. The maximum absolute atomic E-state index is 11.2. The van der Waals surface area contributed by atoms with Crippen LogP contribution in [-0.2, 0) is 9.53 Å². The molecule has 0 N–H and O–H groups in total. The zero-order valence-corrected chi connectivity index (χ0v) is 9.41. The summed E-state index contributed by atoms with van der Waals surface area (Å²) in [7, 11) is 0. The molecule has 2 atom stereocenters. The summed E-state index contributed by atoms with van der Waals surface area (Å²) in [6.45, 7) is 6.20. The van der Waals surface area contributed by atoms with Crippen LogP contribution in [0.25, 0.3) is 0 Å². The van der Waals surface area contributed by atoms with E-state index in [1.54, 1.807) is 0 Å². The summed E-state index contributed by atoms with van der Waals surface area (Å²) in [6.07, 6.45) is 0.494. The number of carbonyl (C=O) groups excluding carboxylic acids is 1. The molecule has 0 bridgehead atoms. The summed E-state index contributed by atoms with van der Waals surface area (Å²) >= 11 is 0. The van der Waals surface area contributed by atoms with Crippen molar-refractivity contribution in [2.24, 2.45) is 5.92 Å². The molecule has 0 aliphatic carbocycles. The van der Waals surface area contributed by atoms with Gasteiger partial charge in [-0.3, -0.25) is 4.79 Å². The summed E-state index contributed by atoms with van der Waals surface area (Å²) in [5.74, 6) is 0.213. The largest absolute Gasteiger partial charge is 0.457 e. The highest BCUT2D eigenvalue weighted by molar-refractivity contribution is 5.72. The number of esters is 1. The highest BCUT2D eigenvalue weighted by atomic mass is 16.5. The molecular weight excluding hydrogens is 188 g/mol. The Labute approximate surface area is 90.3 Å². The number of ether oxygens (including phenoxy) is 1. The maximum Gasteiger partial charge on any atom is 0.306 e. The molecule has 0 unspecified atom stereocenters. The van der Waals surface area contributed by atoms with Gasteiger partial charge in [-0.2, -0.15) is 0 Å². The molecule has 1 heterocycles. The van der Waals surface area contributed by atoms with Crippen LogP contribution in [0.15, 0.2) is 18.2 Å². The van der Waals surface area contributed by atoms with E-state index in [0.717, 1.165) is 5.56 Å². The van der Waals surface area contributed by atoms with Gasteiger partial charge in [0.1, 0.15) is 6.10 Å². The highest BCUT2D eigenvalue weighted by Crippen LogP contribution is 2.35. The fourth-order valence-corrected chi connectivity index (χ4v) is 2.25. The molecule has 1 aromatic rings. The van der Waals surface area contributed by atoms with E-state index in [2.05, 4.69) is 39.0 Å². The Kier molecular flexibility index (Phi) is 2.51. The van der Waals surface area contributed by atoms with Gasteiger partial charge in [0.2, 0.25) is 0 Å². The lowest BCUT2D eigenvalue weighted by atomic mass is 9.95. The molecule has 0 saturated carbocycles. The van der Waals surface area contributed by atoms with Crippen molar-refractivity contribution in [1.82, 2.24) is 0 Å². The normalized spacial score (nSPS) is 25.4. The van der Waals surface area contributed by atoms with Crippen molar-refractivity contribution in [1.29, 1.82) is 0 Å². The summed E-state index contributed by atoms with van der Waals surface area (Å²) in [5.41, 5.74) is 3.58. The van der Waals surface area contributed by atoms with Gasteiger partial charge in [0, 0.05) is 5.92 Å². The van der Waals surface area contributed by atoms with Crippen molar-refractivity contribution in [2.45, 2.75) is 33.3 Å². The molecule has 1 aliphatic rings. The fraction of sp³-hybridized carbons (Fsp3) is 0.462. The predicted octanol–water partition coefficient (Wildman–Crippen LogP) is 2.93. The van der Waals surface area contributed by atoms with Crippen LogP contribution in [0.1, 0.15) is 36.1 Å². The zero-order valence-electron chi connectivity index (χ0n) is 9.41. The standard InChI is InChI=1S/C13H16O2/c1-8-4-9(2)6-11(5-8)13-10(3)7-12(14)15-13/h4-6,10,13H,7H2,1-3H3/t10-,13+/m1/s1. The molecule has 15 heavy (non-hydrogen) atoms. The summed E-state index contributed by atoms with van der Waals surface area (Å²) in [5, 5.41) is 0.